The maximum absolute atomic E-state index is 13.4. The van der Waals surface area contributed by atoms with E-state index in [1.165, 1.54) is 0 Å². The second kappa shape index (κ2) is 28.5. The number of carboxylic acid groups (broad SMARTS) is 2. The zero-order valence-electron chi connectivity index (χ0n) is 56.3. The predicted octanol–water partition coefficient (Wildman–Crippen LogP) is 14.7. The monoisotopic (exact) mass is 1590 g/mol. The van der Waals surface area contributed by atoms with Gasteiger partial charge in [-0.2, -0.15) is 0 Å². The molecule has 105 heavy (non-hydrogen) atoms. The molecule has 18 rings (SSSR count). The molecule has 0 aliphatic carbocycles. The summed E-state index contributed by atoms with van der Waals surface area (Å²) in [5, 5.41) is 32.9. The molecule has 4 atom stereocenters. The molecule has 4 unspecified atom stereocenters. The van der Waals surface area contributed by atoms with Gasteiger partial charge in [-0.05, 0) is 130 Å². The molecule has 8 aliphatic rings. The summed E-state index contributed by atoms with van der Waals surface area (Å²) in [6, 6.07) is 87.7. The molecular formula is C90H62Br2CdN8O4. The van der Waals surface area contributed by atoms with Crippen molar-refractivity contribution in [3.63, 3.8) is 0 Å². The van der Waals surface area contributed by atoms with Crippen molar-refractivity contribution in [3.05, 3.63) is 428 Å². The van der Waals surface area contributed by atoms with Crippen LogP contribution in [0.5, 0.6) is 0 Å². The third-order valence-corrected chi connectivity index (χ3v) is 21.6. The standard InChI is InChI=1S/2C45H31BrN4O2.Cd/c2*46-45(44(51)52)27-38-41(30-17-9-3-10-18-30)36-24-23-34(48-36)39(28-13-5-1-6-14-28)32-21-22-33(47-32)40(29-15-7-2-8-16-29)35-25-26-37(49-35)42(43(45)50-38)31-19-11-4-12-20-31;/h2*1-27,43,47,50H,(H,51,52);/b2*39-32-,40-33-,41-36-,42-37-;. The van der Waals surface area contributed by atoms with Gasteiger partial charge in [0.15, 0.2) is 8.65 Å². The van der Waals surface area contributed by atoms with Gasteiger partial charge in [0.05, 0.1) is 57.7 Å². The van der Waals surface area contributed by atoms with Gasteiger partial charge in [-0.15, -0.1) is 0 Å². The number of aliphatic imine (C=N–C) groups is 4. The average molecular weight is 1590 g/mol. The molecule has 10 aromatic rings. The number of hydrogen-bond acceptors (Lipinski definition) is 8. The quantitative estimate of drug-likeness (QED) is 0.0586. The van der Waals surface area contributed by atoms with Gasteiger partial charge < -0.3 is 30.8 Å². The van der Waals surface area contributed by atoms with Crippen LogP contribution in [0, 0.1) is 0 Å². The van der Waals surface area contributed by atoms with E-state index in [4.69, 9.17) is 20.0 Å². The zero-order chi connectivity index (χ0) is 70.5. The number of halogens is 2. The summed E-state index contributed by atoms with van der Waals surface area (Å²) in [6.07, 6.45) is 19.7. The van der Waals surface area contributed by atoms with Crippen molar-refractivity contribution in [2.45, 2.75) is 20.7 Å². The van der Waals surface area contributed by atoms with Crippen LogP contribution in [0.25, 0.3) is 44.6 Å². The van der Waals surface area contributed by atoms with Crippen LogP contribution in [-0.2, 0) is 36.9 Å². The van der Waals surface area contributed by atoms with Crippen LogP contribution >= 0.6 is 31.9 Å². The Morgan fingerprint density at radius 2 is 0.514 bits per heavy atom. The van der Waals surface area contributed by atoms with Crippen LogP contribution in [0.2, 0.25) is 0 Å². The molecule has 0 saturated carbocycles. The van der Waals surface area contributed by atoms with Gasteiger partial charge in [-0.25, -0.2) is 20.0 Å². The van der Waals surface area contributed by atoms with E-state index >= 15 is 0 Å². The Morgan fingerprint density at radius 1 is 0.295 bits per heavy atom. The van der Waals surface area contributed by atoms with Gasteiger partial charge >= 0.3 is 11.9 Å². The SMILES string of the molecule is O=C(O)C1(Br)C=C2NC1/C(c1ccccc1)=C1/C=CC(=N1)/C(c1ccccc1)=c1/cc/c([nH]1)=C(\c1ccccc1)C1=N/C(=C\2c2ccccc2)C=C1.O=C(O)C1(Br)C=C2NC1/C(c1ccccc1)=C1/C=CC(=N1)/C(c1ccccc1)=c1/cc/c([nH]1)=C(\c1ccccc1)C1=N/C(=C\2c2ccccc2)C=C1.[Cd]. The fourth-order valence-electron chi connectivity index (χ4n) is 14.8. The molecule has 10 heterocycles. The number of aromatic nitrogens is 2. The minimum atomic E-state index is -1.52. The predicted molar refractivity (Wildman–Crippen MR) is 424 cm³/mol. The number of aromatic amines is 2. The van der Waals surface area contributed by atoms with E-state index in [0.717, 1.165) is 145 Å². The fraction of sp³-hybridized carbons (Fsp3) is 0.0444. The van der Waals surface area contributed by atoms with Crippen molar-refractivity contribution in [2.75, 3.05) is 0 Å². The third kappa shape index (κ3) is 12.6. The average Bonchev–Trinajstić information content (AvgIpc) is 1.59. The molecule has 502 valence electrons. The molecule has 6 N–H and O–H groups in total. The van der Waals surface area contributed by atoms with Gasteiger partial charge in [0, 0.05) is 105 Å². The summed E-state index contributed by atoms with van der Waals surface area (Å²) >= 11 is 7.50. The molecular weight excluding hydrogens is 1530 g/mol. The molecule has 0 fully saturated rings. The van der Waals surface area contributed by atoms with Crippen LogP contribution in [0.4, 0.5) is 0 Å². The Balaban J connectivity index is 0.000000160. The number of hydrogen-bond donors (Lipinski definition) is 6. The van der Waals surface area contributed by atoms with Crippen LogP contribution in [0.3, 0.4) is 0 Å². The van der Waals surface area contributed by atoms with Crippen LogP contribution in [0.1, 0.15) is 44.5 Å². The second-order valence-electron chi connectivity index (χ2n) is 25.9. The van der Waals surface area contributed by atoms with E-state index in [9.17, 15) is 19.8 Å². The molecule has 8 aliphatic heterocycles. The third-order valence-electron chi connectivity index (χ3n) is 19.6. The number of alkyl halides is 2. The molecule has 16 bridgehead atoms. The topological polar surface area (TPSA) is 180 Å². The number of carbonyl (C=O) groups is 2. The van der Waals surface area contributed by atoms with E-state index in [1.54, 1.807) is 12.2 Å². The van der Waals surface area contributed by atoms with E-state index in [1.807, 2.05) is 243 Å². The molecule has 12 nitrogen and oxygen atoms in total. The second-order valence-corrected chi connectivity index (χ2v) is 28.5. The number of carboxylic acids is 2. The summed E-state index contributed by atoms with van der Waals surface area (Å²) in [7, 11) is 0. The normalized spacial score (nSPS) is 25.2. The Bertz CT molecular complexity index is 5600. The summed E-state index contributed by atoms with van der Waals surface area (Å²) in [5.41, 5.74) is 21.7. The molecule has 0 amide bonds. The van der Waals surface area contributed by atoms with E-state index < -0.39 is 32.7 Å². The van der Waals surface area contributed by atoms with Crippen molar-refractivity contribution in [1.82, 2.24) is 20.6 Å². The number of nitrogens with zero attached hydrogens (tertiary/aromatic N) is 4. The first-order valence-electron chi connectivity index (χ1n) is 34.2. The first-order valence-corrected chi connectivity index (χ1v) is 35.7. The van der Waals surface area contributed by atoms with Gasteiger partial charge in [0.25, 0.3) is 0 Å². The maximum Gasteiger partial charge on any atom is 0.326 e. The number of allylic oxidation sites excluding steroid dienone is 10. The number of H-pyrrole nitrogens is 2. The minimum Gasteiger partial charge on any atom is -0.480 e. The largest absolute Gasteiger partial charge is 0.480 e. The molecule has 8 aromatic carbocycles. The van der Waals surface area contributed by atoms with Crippen LogP contribution < -0.4 is 32.0 Å². The molecule has 0 radical (unpaired) electrons. The Hall–Kier alpha value is -11.7. The summed E-state index contributed by atoms with van der Waals surface area (Å²) in [5.74, 6) is -2.03. The maximum atomic E-state index is 13.4. The smallest absolute Gasteiger partial charge is 0.326 e. The molecule has 0 saturated heterocycles. The van der Waals surface area contributed by atoms with Gasteiger partial charge in [-0.1, -0.05) is 275 Å². The Morgan fingerprint density at radius 3 is 0.762 bits per heavy atom. The van der Waals surface area contributed by atoms with Crippen molar-refractivity contribution in [3.8, 4) is 0 Å². The Labute approximate surface area is 642 Å². The summed E-state index contributed by atoms with van der Waals surface area (Å²) in [6.45, 7) is 0. The van der Waals surface area contributed by atoms with Crippen molar-refractivity contribution >= 4 is 111 Å². The molecule has 15 heteroatoms. The number of aliphatic carboxylic acids is 2. The molecule has 0 spiro atoms. The van der Waals surface area contributed by atoms with Gasteiger partial charge in [0.2, 0.25) is 0 Å². The summed E-state index contributed by atoms with van der Waals surface area (Å²) in [4.78, 5) is 55.5. The van der Waals surface area contributed by atoms with Crippen molar-refractivity contribution in [2.24, 2.45) is 20.0 Å². The van der Waals surface area contributed by atoms with E-state index in [0.29, 0.717) is 22.8 Å². The van der Waals surface area contributed by atoms with Crippen molar-refractivity contribution < 1.29 is 47.1 Å². The first kappa shape index (κ1) is 67.8. The first-order chi connectivity index (χ1) is 51.0. The van der Waals surface area contributed by atoms with Gasteiger partial charge in [0.1, 0.15) is 0 Å². The zero-order valence-corrected chi connectivity index (χ0v) is 63.5. The number of fused-ring (bicyclic) bond motifs is 12. The van der Waals surface area contributed by atoms with Crippen molar-refractivity contribution in [1.29, 1.82) is 0 Å². The van der Waals surface area contributed by atoms with E-state index in [2.05, 4.69) is 125 Å². The fourth-order valence-corrected chi connectivity index (χ4v) is 16.0. The van der Waals surface area contributed by atoms with Gasteiger partial charge in [-0.3, -0.25) is 9.59 Å². The van der Waals surface area contributed by atoms with Crippen LogP contribution in [-0.4, -0.2) is 75.7 Å². The number of benzene rings is 8. The minimum absolute atomic E-state index is 0. The number of nitrogens with one attached hydrogen (secondary N) is 4. The van der Waals surface area contributed by atoms with E-state index in [-0.39, 0.29) is 27.3 Å². The molecule has 2 aromatic heterocycles. The Kier molecular flexibility index (Phi) is 18.4. The number of rotatable bonds is 10. The summed E-state index contributed by atoms with van der Waals surface area (Å²) < 4.78 is -3.03. The van der Waals surface area contributed by atoms with Crippen LogP contribution in [0.15, 0.2) is 382 Å².